The summed E-state index contributed by atoms with van der Waals surface area (Å²) in [7, 11) is 1.47. The molecule has 8 nitrogen and oxygen atoms in total. The summed E-state index contributed by atoms with van der Waals surface area (Å²) in [5.41, 5.74) is 7.15. The van der Waals surface area contributed by atoms with Crippen LogP contribution in [0.5, 0.6) is 5.75 Å². The van der Waals surface area contributed by atoms with Crippen LogP contribution >= 0.6 is 24.8 Å². The number of hydroxylamine groups is 1. The van der Waals surface area contributed by atoms with Crippen LogP contribution < -0.4 is 10.2 Å². The van der Waals surface area contributed by atoms with Crippen molar-refractivity contribution in [2.75, 3.05) is 20.2 Å². The van der Waals surface area contributed by atoms with E-state index in [0.29, 0.717) is 16.6 Å². The van der Waals surface area contributed by atoms with Gasteiger partial charge in [0.2, 0.25) is 0 Å². The second-order valence-electron chi connectivity index (χ2n) is 8.98. The Morgan fingerprint density at radius 3 is 2.21 bits per heavy atom. The lowest BCUT2D eigenvalue weighted by molar-refractivity contribution is 0.0705. The fourth-order valence-corrected chi connectivity index (χ4v) is 4.72. The van der Waals surface area contributed by atoms with Gasteiger partial charge in [-0.3, -0.25) is 19.9 Å². The van der Waals surface area contributed by atoms with Crippen molar-refractivity contribution in [1.29, 1.82) is 0 Å². The zero-order valence-electron chi connectivity index (χ0n) is 20.8. The molecule has 2 aromatic heterocycles. The van der Waals surface area contributed by atoms with E-state index in [2.05, 4.69) is 34.1 Å². The van der Waals surface area contributed by atoms with E-state index < -0.39 is 5.91 Å². The van der Waals surface area contributed by atoms with E-state index in [1.54, 1.807) is 17.7 Å². The van der Waals surface area contributed by atoms with Crippen LogP contribution in [-0.2, 0) is 6.54 Å². The van der Waals surface area contributed by atoms with Crippen molar-refractivity contribution in [1.82, 2.24) is 20.3 Å². The van der Waals surface area contributed by atoms with Crippen LogP contribution in [0, 0.1) is 0 Å². The molecule has 1 amide bonds. The molecule has 5 rings (SSSR count). The predicted molar refractivity (Wildman–Crippen MR) is 151 cm³/mol. The topological polar surface area (TPSA) is 108 Å². The van der Waals surface area contributed by atoms with Crippen LogP contribution in [0.1, 0.15) is 28.8 Å². The number of nitrogens with one attached hydrogen (secondary N) is 1. The van der Waals surface area contributed by atoms with Crippen LogP contribution in [0.3, 0.4) is 0 Å². The van der Waals surface area contributed by atoms with Crippen molar-refractivity contribution in [3.05, 3.63) is 78.1 Å². The van der Waals surface area contributed by atoms with E-state index in [1.165, 1.54) is 18.9 Å². The minimum Gasteiger partial charge on any atom is -0.494 e. The van der Waals surface area contributed by atoms with Crippen LogP contribution in [0.2, 0.25) is 0 Å². The van der Waals surface area contributed by atoms with Gasteiger partial charge in [-0.25, -0.2) is 10.5 Å². The number of carbonyl (C=O) groups excluding carboxylic acids is 1. The number of hydrogen-bond donors (Lipinski definition) is 3. The van der Waals surface area contributed by atoms with Crippen molar-refractivity contribution >= 4 is 41.6 Å². The van der Waals surface area contributed by atoms with Crippen molar-refractivity contribution in [3.8, 4) is 28.1 Å². The Hall–Kier alpha value is -3.27. The van der Waals surface area contributed by atoms with E-state index in [4.69, 9.17) is 9.72 Å². The van der Waals surface area contributed by atoms with Gasteiger partial charge in [-0.2, -0.15) is 0 Å². The Balaban J connectivity index is 0.00000200. The Morgan fingerprint density at radius 2 is 1.61 bits per heavy atom. The highest BCUT2D eigenvalue weighted by Gasteiger charge is 2.23. The van der Waals surface area contributed by atoms with E-state index in [1.807, 2.05) is 24.3 Å². The van der Waals surface area contributed by atoms with Gasteiger partial charge in [-0.1, -0.05) is 48.5 Å². The number of amides is 1. The van der Waals surface area contributed by atoms with Gasteiger partial charge in [0.1, 0.15) is 5.69 Å². The first-order valence-electron chi connectivity index (χ1n) is 11.9. The average molecular weight is 557 g/mol. The molecule has 200 valence electrons. The number of ether oxygens (including phenoxy) is 1. The predicted octanol–water partition coefficient (Wildman–Crippen LogP) is 4.89. The monoisotopic (exact) mass is 556 g/mol. The number of nitrogens with zero attached hydrogens (tertiary/aromatic N) is 3. The first-order chi connectivity index (χ1) is 17.6. The number of rotatable bonds is 6. The van der Waals surface area contributed by atoms with Crippen molar-refractivity contribution in [2.45, 2.75) is 25.5 Å². The third kappa shape index (κ3) is 6.06. The molecule has 0 aliphatic carbocycles. The maximum Gasteiger partial charge on any atom is 0.279 e. The van der Waals surface area contributed by atoms with Gasteiger partial charge in [0, 0.05) is 43.0 Å². The largest absolute Gasteiger partial charge is 0.494 e. The van der Waals surface area contributed by atoms with E-state index in [9.17, 15) is 15.1 Å². The molecular weight excluding hydrogens is 527 g/mol. The molecule has 38 heavy (non-hydrogen) atoms. The van der Waals surface area contributed by atoms with Gasteiger partial charge < -0.3 is 9.84 Å². The molecule has 0 bridgehead atoms. The molecular formula is C28H30Cl2N4O4. The number of likely N-dealkylation sites (tertiary alicyclic amines) is 1. The first kappa shape index (κ1) is 29.3. The quantitative estimate of drug-likeness (QED) is 0.229. The Labute approximate surface area is 233 Å². The molecule has 0 radical (unpaired) electrons. The lowest BCUT2D eigenvalue weighted by Gasteiger charge is -2.29. The van der Waals surface area contributed by atoms with Crippen molar-refractivity contribution < 1.29 is 19.8 Å². The van der Waals surface area contributed by atoms with Crippen molar-refractivity contribution in [3.63, 3.8) is 0 Å². The average Bonchev–Trinajstić information content (AvgIpc) is 2.93. The zero-order valence-corrected chi connectivity index (χ0v) is 22.5. The number of aliphatic hydroxyl groups is 1. The third-order valence-electron chi connectivity index (χ3n) is 6.68. The number of piperidine rings is 1. The molecule has 0 saturated carbocycles. The fraction of sp³-hybridized carbons (Fsp3) is 0.250. The molecule has 2 aromatic carbocycles. The van der Waals surface area contributed by atoms with Crippen LogP contribution in [0.4, 0.5) is 0 Å². The van der Waals surface area contributed by atoms with Gasteiger partial charge in [0.25, 0.3) is 5.91 Å². The summed E-state index contributed by atoms with van der Waals surface area (Å²) >= 11 is 0. The summed E-state index contributed by atoms with van der Waals surface area (Å²) in [5.74, 6) is -0.421. The number of fused-ring (bicyclic) bond motifs is 1. The highest BCUT2D eigenvalue weighted by Crippen LogP contribution is 2.36. The van der Waals surface area contributed by atoms with E-state index >= 15 is 0 Å². The third-order valence-corrected chi connectivity index (χ3v) is 6.68. The summed E-state index contributed by atoms with van der Waals surface area (Å²) in [5, 5.41) is 19.5. The SMILES string of the molecule is COc1c(-c2ccc(-c3ccc(CN4CCC(O)CC4)cc3)cc2)nc2ccncc2c1C(=O)NO.Cl.Cl. The molecule has 0 unspecified atom stereocenters. The molecule has 0 spiro atoms. The number of methoxy groups -OCH3 is 1. The van der Waals surface area contributed by atoms with Crippen molar-refractivity contribution in [2.24, 2.45) is 0 Å². The van der Waals surface area contributed by atoms with E-state index in [-0.39, 0.29) is 42.2 Å². The fourth-order valence-electron chi connectivity index (χ4n) is 4.72. The molecule has 10 heteroatoms. The Kier molecular flexibility index (Phi) is 10.0. The summed E-state index contributed by atoms with van der Waals surface area (Å²) in [6, 6.07) is 18.2. The molecule has 1 aliphatic rings. The highest BCUT2D eigenvalue weighted by molar-refractivity contribution is 6.09. The number of benzene rings is 2. The second kappa shape index (κ2) is 13.0. The summed E-state index contributed by atoms with van der Waals surface area (Å²) < 4.78 is 5.58. The standard InChI is InChI=1S/C28H28N4O4.2ClH/c1-36-27-25(28(34)31-35)23-16-29-13-10-24(23)30-26(27)21-8-6-20(7-9-21)19-4-2-18(3-5-19)17-32-14-11-22(33)12-15-32;;/h2-10,13,16,22,33,35H,11-12,14-15,17H2,1H3,(H,31,34);2*1H. The van der Waals surface area contributed by atoms with Crippen LogP contribution in [0.25, 0.3) is 33.3 Å². The molecule has 3 N–H and O–H groups in total. The minimum absolute atomic E-state index is 0. The molecule has 1 aliphatic heterocycles. The Morgan fingerprint density at radius 1 is 1.00 bits per heavy atom. The number of aliphatic hydroxyl groups excluding tert-OH is 1. The smallest absolute Gasteiger partial charge is 0.279 e. The summed E-state index contributed by atoms with van der Waals surface area (Å²) in [6.07, 6.45) is 4.65. The van der Waals surface area contributed by atoms with Gasteiger partial charge in [-0.05, 0) is 35.6 Å². The molecule has 1 saturated heterocycles. The van der Waals surface area contributed by atoms with Gasteiger partial charge in [0.15, 0.2) is 5.75 Å². The summed E-state index contributed by atoms with van der Waals surface area (Å²) in [4.78, 5) is 23.7. The number of carbonyl (C=O) groups is 1. The van der Waals surface area contributed by atoms with Crippen LogP contribution in [0.15, 0.2) is 67.0 Å². The molecule has 1 fully saturated rings. The molecule has 0 atom stereocenters. The van der Waals surface area contributed by atoms with Gasteiger partial charge >= 0.3 is 0 Å². The first-order valence-corrected chi connectivity index (χ1v) is 11.9. The maximum absolute atomic E-state index is 12.5. The number of hydrogen-bond acceptors (Lipinski definition) is 7. The number of pyridine rings is 2. The maximum atomic E-state index is 12.5. The molecule has 4 aromatic rings. The lowest BCUT2D eigenvalue weighted by atomic mass is 9.99. The second-order valence-corrected chi connectivity index (χ2v) is 8.98. The lowest BCUT2D eigenvalue weighted by Crippen LogP contribution is -2.35. The van der Waals surface area contributed by atoms with Gasteiger partial charge in [-0.15, -0.1) is 24.8 Å². The highest BCUT2D eigenvalue weighted by atomic mass is 35.5. The van der Waals surface area contributed by atoms with Crippen LogP contribution in [-0.4, -0.2) is 57.4 Å². The number of halogens is 2. The summed E-state index contributed by atoms with van der Waals surface area (Å²) in [6.45, 7) is 2.74. The minimum atomic E-state index is -0.689. The Bertz CT molecular complexity index is 1380. The van der Waals surface area contributed by atoms with Gasteiger partial charge in [0.05, 0.1) is 24.3 Å². The van der Waals surface area contributed by atoms with E-state index in [0.717, 1.165) is 49.2 Å². The molecule has 3 heterocycles. The zero-order chi connectivity index (χ0) is 25.1. The number of aromatic nitrogens is 2. The normalized spacial score (nSPS) is 13.9.